The van der Waals surface area contributed by atoms with Gasteiger partial charge in [0.25, 0.3) is 0 Å². The molecule has 0 saturated heterocycles. The molecule has 0 aromatic carbocycles. The largest absolute Gasteiger partial charge is 0.488 e. The van der Waals surface area contributed by atoms with Gasteiger partial charge >= 0.3 is 0 Å². The summed E-state index contributed by atoms with van der Waals surface area (Å²) >= 11 is 0. The van der Waals surface area contributed by atoms with E-state index < -0.39 is 0 Å². The van der Waals surface area contributed by atoms with E-state index in [9.17, 15) is 0 Å². The molecule has 13 heteroatoms. The average molecular weight is 1430 g/mol. The predicted molar refractivity (Wildman–Crippen MR) is 417 cm³/mol. The van der Waals surface area contributed by atoms with Crippen molar-refractivity contribution in [3.63, 3.8) is 0 Å². The quantitative estimate of drug-likeness (QED) is 0.0416. The molecular formula is C86H146CuN4O8. The van der Waals surface area contributed by atoms with Gasteiger partial charge in [-0.2, -0.15) is 0 Å². The average Bonchev–Trinajstić information content (AvgIpc) is 1.61. The summed E-state index contributed by atoms with van der Waals surface area (Å²) in [5.74, 6) is 5.41. The van der Waals surface area contributed by atoms with Crippen LogP contribution in [-0.2, 0) is 42.4 Å². The van der Waals surface area contributed by atoms with E-state index in [1.165, 1.54) is 205 Å². The van der Waals surface area contributed by atoms with Gasteiger partial charge in [0.15, 0.2) is 46.0 Å². The first-order valence-corrected chi connectivity index (χ1v) is 41.8. The second-order valence-corrected chi connectivity index (χ2v) is 28.4. The van der Waals surface area contributed by atoms with Crippen LogP contribution in [0.5, 0.6) is 23.0 Å². The molecule has 2 N–H and O–H groups in total. The SMILES string of the molecule is CCCCCCCCOC1=C(OCCCCCCCC)c2cc3[nH]c(c(CC)c4nc(cc5[nH]c(cc1n2)c(OCCCCCCCC)c5OCCCCCCCC)C(OCCCCCCCC)=C4OCCCCCCCC)c(OCCCCCCCC)c3OCCCCCCCC.[Cu]. The van der Waals surface area contributed by atoms with Crippen LogP contribution >= 0.6 is 0 Å². The van der Waals surface area contributed by atoms with E-state index in [1.54, 1.807) is 0 Å². The van der Waals surface area contributed by atoms with Gasteiger partial charge in [-0.15, -0.1) is 0 Å². The van der Waals surface area contributed by atoms with Crippen molar-refractivity contribution in [1.29, 1.82) is 0 Å². The van der Waals surface area contributed by atoms with Gasteiger partial charge in [-0.3, -0.25) is 0 Å². The maximum atomic E-state index is 7.27. The van der Waals surface area contributed by atoms with Crippen LogP contribution in [0.4, 0.5) is 0 Å². The molecule has 5 heterocycles. The van der Waals surface area contributed by atoms with E-state index >= 15 is 0 Å². The topological polar surface area (TPSA) is 131 Å². The first kappa shape index (κ1) is 86.9. The van der Waals surface area contributed by atoms with E-state index in [-0.39, 0.29) is 17.1 Å². The number of aryl methyl sites for hydroxylation is 1. The zero-order chi connectivity index (χ0) is 69.7. The van der Waals surface area contributed by atoms with Gasteiger partial charge < -0.3 is 47.9 Å². The van der Waals surface area contributed by atoms with Crippen LogP contribution in [-0.4, -0.2) is 72.8 Å². The number of hydrogen-bond acceptors (Lipinski definition) is 10. The fraction of sp³-hybridized carbons (Fsp3) is 0.767. The molecular weight excluding hydrogens is 1280 g/mol. The smallest absolute Gasteiger partial charge is 0.189 e. The van der Waals surface area contributed by atoms with Gasteiger partial charge in [0, 0.05) is 22.6 Å². The molecule has 0 atom stereocenters. The monoisotopic (exact) mass is 1430 g/mol. The molecule has 3 aromatic rings. The number of hydrogen-bond donors (Lipinski definition) is 2. The van der Waals surface area contributed by atoms with Crippen LogP contribution in [0, 0.1) is 0 Å². The van der Waals surface area contributed by atoms with E-state index in [0.717, 1.165) is 136 Å². The molecule has 0 fully saturated rings. The van der Waals surface area contributed by atoms with Crippen LogP contribution in [0.2, 0.25) is 0 Å². The number of aromatic amines is 2. The van der Waals surface area contributed by atoms with Crippen molar-refractivity contribution in [1.82, 2.24) is 19.9 Å². The second-order valence-electron chi connectivity index (χ2n) is 28.4. The zero-order valence-electron chi connectivity index (χ0n) is 65.0. The molecule has 2 aliphatic rings. The number of ether oxygens (including phenoxy) is 8. The van der Waals surface area contributed by atoms with Gasteiger partial charge in [0.1, 0.15) is 22.8 Å². The molecule has 0 amide bonds. The fourth-order valence-corrected chi connectivity index (χ4v) is 13.4. The van der Waals surface area contributed by atoms with Crippen LogP contribution in [0.3, 0.4) is 0 Å². The molecule has 1 radical (unpaired) electrons. The summed E-state index contributed by atoms with van der Waals surface area (Å²) in [5.41, 5.74) is 6.93. The van der Waals surface area contributed by atoms with Gasteiger partial charge in [-0.05, 0) is 76.0 Å². The number of rotatable bonds is 65. The normalized spacial score (nSPS) is 12.2. The number of nitrogens with one attached hydrogen (secondary N) is 2. The van der Waals surface area contributed by atoms with Crippen LogP contribution in [0.25, 0.3) is 45.1 Å². The number of unbranched alkanes of at least 4 members (excludes halogenated alkanes) is 40. The first-order valence-electron chi connectivity index (χ1n) is 41.8. The minimum Gasteiger partial charge on any atom is -0.488 e. The molecule has 0 aliphatic carbocycles. The maximum Gasteiger partial charge on any atom is 0.189 e. The summed E-state index contributed by atoms with van der Waals surface area (Å²) in [7, 11) is 0. The van der Waals surface area contributed by atoms with Crippen molar-refractivity contribution < 1.29 is 55.0 Å². The van der Waals surface area contributed by atoms with Crippen molar-refractivity contribution in [2.45, 2.75) is 377 Å². The predicted octanol–water partition coefficient (Wildman–Crippen LogP) is 27.0. The minimum atomic E-state index is 0. The van der Waals surface area contributed by atoms with Gasteiger partial charge in [-0.25, -0.2) is 9.97 Å². The Kier molecular flexibility index (Phi) is 50.0. The van der Waals surface area contributed by atoms with Crippen molar-refractivity contribution in [2.75, 3.05) is 52.9 Å². The molecule has 569 valence electrons. The first-order chi connectivity index (χ1) is 48.4. The van der Waals surface area contributed by atoms with Gasteiger partial charge in [0.2, 0.25) is 0 Å². The molecule has 0 spiro atoms. The third kappa shape index (κ3) is 33.2. The van der Waals surface area contributed by atoms with E-state index in [0.29, 0.717) is 122 Å². The number of fused-ring (bicyclic) bond motifs is 8. The Bertz CT molecular complexity index is 2770. The zero-order valence-corrected chi connectivity index (χ0v) is 65.9. The summed E-state index contributed by atoms with van der Waals surface area (Å²) < 4.78 is 57.6. The standard InChI is InChI=1S/C86H146N4O8.Cu/c1-10-19-27-35-43-51-59-91-79-71-67-72-80(92-60-52-44-36-28-20-11-2)82(94-62-54-46-38-30-22-13-4)74(88-72)69-76-84(96-64-56-48-40-32-24-15-6)86(98-66-58-50-42-34-26-17-8)78(90-76)70(18-9)77-85(97-65-57-49-41-33-25-16-7)83(95-63-55-47-39-31-23-14-5)75(89-77)68-73(87-71)81(79)93-61-53-45-37-29-21-12-3;/h67-69,87,90H,10-66H2,1-9H3;. The summed E-state index contributed by atoms with van der Waals surface area (Å²) in [6.45, 7) is 24.9. The molecule has 0 unspecified atom stereocenters. The molecule has 12 nitrogen and oxygen atoms in total. The number of aromatic nitrogens is 4. The Hall–Kier alpha value is -4.48. The third-order valence-corrected chi connectivity index (χ3v) is 19.4. The Balaban J connectivity index is 0.0000208. The van der Waals surface area contributed by atoms with Gasteiger partial charge in [-0.1, -0.05) is 319 Å². The fourth-order valence-electron chi connectivity index (χ4n) is 13.4. The summed E-state index contributed by atoms with van der Waals surface area (Å²) in [4.78, 5) is 19.4. The van der Waals surface area contributed by atoms with E-state index in [4.69, 9.17) is 47.9 Å². The van der Waals surface area contributed by atoms with Crippen molar-refractivity contribution in [2.24, 2.45) is 0 Å². The number of H-pyrrole nitrogens is 2. The summed E-state index contributed by atoms with van der Waals surface area (Å²) in [6, 6.07) is 6.43. The summed E-state index contributed by atoms with van der Waals surface area (Å²) in [6.07, 6.45) is 56.1. The molecule has 3 aromatic heterocycles. The second kappa shape index (κ2) is 57.0. The molecule has 2 aliphatic heterocycles. The van der Waals surface area contributed by atoms with Crippen LogP contribution in [0.15, 0.2) is 18.2 Å². The molecule has 8 bridgehead atoms. The summed E-state index contributed by atoms with van der Waals surface area (Å²) in [5, 5.41) is 0. The van der Waals surface area contributed by atoms with Crippen molar-refractivity contribution >= 4 is 45.1 Å². The third-order valence-electron chi connectivity index (χ3n) is 19.4. The molecule has 99 heavy (non-hydrogen) atoms. The number of nitrogens with zero attached hydrogens (tertiary/aromatic N) is 2. The Labute approximate surface area is 615 Å². The van der Waals surface area contributed by atoms with Crippen LogP contribution in [0.1, 0.15) is 399 Å². The van der Waals surface area contributed by atoms with E-state index in [2.05, 4.69) is 90.5 Å². The van der Waals surface area contributed by atoms with Crippen molar-refractivity contribution in [3.05, 3.63) is 46.5 Å². The Morgan fingerprint density at radius 2 is 0.465 bits per heavy atom. The van der Waals surface area contributed by atoms with Crippen molar-refractivity contribution in [3.8, 4) is 23.0 Å². The Morgan fingerprint density at radius 1 is 0.242 bits per heavy atom. The molecule has 0 saturated carbocycles. The van der Waals surface area contributed by atoms with E-state index in [1.807, 2.05) is 0 Å². The minimum absolute atomic E-state index is 0. The molecule has 5 rings (SSSR count). The van der Waals surface area contributed by atoms with Crippen LogP contribution < -0.4 is 18.9 Å². The Morgan fingerprint density at radius 3 is 0.758 bits per heavy atom. The maximum absolute atomic E-state index is 7.27. The van der Waals surface area contributed by atoms with Gasteiger partial charge in [0.05, 0.1) is 74.9 Å².